The van der Waals surface area contributed by atoms with Crippen LogP contribution in [0.3, 0.4) is 0 Å². The number of piperidine rings is 1. The van der Waals surface area contributed by atoms with Gasteiger partial charge in [-0.3, -0.25) is 14.6 Å². The van der Waals surface area contributed by atoms with Gasteiger partial charge >= 0.3 is 0 Å². The topological polar surface area (TPSA) is 67.2 Å². The SMILES string of the molecule is CNC(=O)c1ccc(C2CCCN(C(=O)c3cc4cc(C)ccc4n3C)C2)nc1. The number of nitrogens with one attached hydrogen (secondary N) is 1. The molecule has 3 heterocycles. The summed E-state index contributed by atoms with van der Waals surface area (Å²) in [4.78, 5) is 31.4. The summed E-state index contributed by atoms with van der Waals surface area (Å²) < 4.78 is 1.98. The quantitative estimate of drug-likeness (QED) is 0.746. The van der Waals surface area contributed by atoms with Crippen LogP contribution >= 0.6 is 0 Å². The van der Waals surface area contributed by atoms with Gasteiger partial charge in [0.2, 0.25) is 0 Å². The van der Waals surface area contributed by atoms with E-state index >= 15 is 0 Å². The van der Waals surface area contributed by atoms with E-state index in [0.717, 1.165) is 36.0 Å². The third-order valence-electron chi connectivity index (χ3n) is 5.82. The average molecular weight is 390 g/mol. The van der Waals surface area contributed by atoms with Gasteiger partial charge in [-0.1, -0.05) is 11.6 Å². The smallest absolute Gasteiger partial charge is 0.270 e. The zero-order chi connectivity index (χ0) is 20.5. The largest absolute Gasteiger partial charge is 0.355 e. The van der Waals surface area contributed by atoms with Crippen LogP contribution in [0.25, 0.3) is 10.9 Å². The first-order valence-electron chi connectivity index (χ1n) is 10.0. The van der Waals surface area contributed by atoms with E-state index in [4.69, 9.17) is 0 Å². The molecule has 1 aromatic carbocycles. The second kappa shape index (κ2) is 7.70. The highest BCUT2D eigenvalue weighted by Gasteiger charge is 2.28. The highest BCUT2D eigenvalue weighted by Crippen LogP contribution is 2.28. The summed E-state index contributed by atoms with van der Waals surface area (Å²) >= 11 is 0. The predicted octanol–water partition coefficient (Wildman–Crippen LogP) is 3.26. The first-order chi connectivity index (χ1) is 14.0. The van der Waals surface area contributed by atoms with E-state index in [-0.39, 0.29) is 17.7 Å². The van der Waals surface area contributed by atoms with Crippen molar-refractivity contribution in [3.05, 3.63) is 65.1 Å². The molecule has 6 heteroatoms. The third kappa shape index (κ3) is 3.62. The Bertz CT molecular complexity index is 1070. The zero-order valence-corrected chi connectivity index (χ0v) is 17.1. The van der Waals surface area contributed by atoms with Gasteiger partial charge < -0.3 is 14.8 Å². The number of rotatable bonds is 3. The van der Waals surface area contributed by atoms with E-state index in [9.17, 15) is 9.59 Å². The molecule has 0 spiro atoms. The van der Waals surface area contributed by atoms with E-state index < -0.39 is 0 Å². The number of likely N-dealkylation sites (tertiary alicyclic amines) is 1. The summed E-state index contributed by atoms with van der Waals surface area (Å²) in [6.07, 6.45) is 3.55. The number of nitrogens with zero attached hydrogens (tertiary/aromatic N) is 3. The number of hydrogen-bond acceptors (Lipinski definition) is 3. The molecule has 29 heavy (non-hydrogen) atoms. The number of benzene rings is 1. The fraction of sp³-hybridized carbons (Fsp3) is 0.348. The number of carbonyl (C=O) groups excluding carboxylic acids is 2. The summed E-state index contributed by atoms with van der Waals surface area (Å²) in [5.74, 6) is 0.104. The first-order valence-corrected chi connectivity index (χ1v) is 10.0. The lowest BCUT2D eigenvalue weighted by Gasteiger charge is -2.32. The first kappa shape index (κ1) is 19.2. The van der Waals surface area contributed by atoms with Crippen molar-refractivity contribution in [2.75, 3.05) is 20.1 Å². The van der Waals surface area contributed by atoms with E-state index in [1.807, 2.05) is 28.6 Å². The van der Waals surface area contributed by atoms with Crippen LogP contribution in [-0.2, 0) is 7.05 Å². The lowest BCUT2D eigenvalue weighted by Crippen LogP contribution is -2.40. The van der Waals surface area contributed by atoms with Crippen LogP contribution in [0, 0.1) is 6.92 Å². The van der Waals surface area contributed by atoms with E-state index in [0.29, 0.717) is 17.8 Å². The molecule has 1 saturated heterocycles. The van der Waals surface area contributed by atoms with Crippen molar-refractivity contribution >= 4 is 22.7 Å². The molecule has 0 bridgehead atoms. The van der Waals surface area contributed by atoms with Crippen LogP contribution in [0.4, 0.5) is 0 Å². The fourth-order valence-corrected chi connectivity index (χ4v) is 4.16. The molecule has 1 N–H and O–H groups in total. The van der Waals surface area contributed by atoms with Crippen molar-refractivity contribution in [2.24, 2.45) is 7.05 Å². The second-order valence-corrected chi connectivity index (χ2v) is 7.79. The fourth-order valence-electron chi connectivity index (χ4n) is 4.16. The molecule has 4 rings (SSSR count). The maximum Gasteiger partial charge on any atom is 0.270 e. The lowest BCUT2D eigenvalue weighted by molar-refractivity contribution is 0.0696. The van der Waals surface area contributed by atoms with Crippen molar-refractivity contribution in [1.29, 1.82) is 0 Å². The molecule has 3 aromatic rings. The molecule has 1 fully saturated rings. The maximum atomic E-state index is 13.3. The van der Waals surface area contributed by atoms with Crippen LogP contribution in [0.2, 0.25) is 0 Å². The van der Waals surface area contributed by atoms with E-state index in [2.05, 4.69) is 35.4 Å². The van der Waals surface area contributed by atoms with Crippen molar-refractivity contribution in [3.8, 4) is 0 Å². The van der Waals surface area contributed by atoms with Crippen LogP contribution in [-0.4, -0.2) is 46.4 Å². The summed E-state index contributed by atoms with van der Waals surface area (Å²) in [5.41, 5.74) is 4.45. The Morgan fingerprint density at radius 1 is 1.17 bits per heavy atom. The van der Waals surface area contributed by atoms with E-state index in [1.165, 1.54) is 5.56 Å². The number of aromatic nitrogens is 2. The Morgan fingerprint density at radius 2 is 2.00 bits per heavy atom. The highest BCUT2D eigenvalue weighted by atomic mass is 16.2. The number of pyridine rings is 1. The molecule has 1 atom stereocenters. The highest BCUT2D eigenvalue weighted by molar-refractivity contribution is 5.99. The summed E-state index contributed by atoms with van der Waals surface area (Å²) in [6.45, 7) is 3.46. The van der Waals surface area contributed by atoms with Gasteiger partial charge in [-0.2, -0.15) is 0 Å². The van der Waals surface area contributed by atoms with Gasteiger partial charge in [0.25, 0.3) is 11.8 Å². The Hall–Kier alpha value is -3.15. The maximum absolute atomic E-state index is 13.3. The van der Waals surface area contributed by atoms with Crippen molar-refractivity contribution in [1.82, 2.24) is 19.8 Å². The lowest BCUT2D eigenvalue weighted by atomic mass is 9.93. The minimum Gasteiger partial charge on any atom is -0.355 e. The standard InChI is InChI=1S/C23H26N4O2/c1-15-6-9-20-18(11-15)12-21(26(20)3)23(29)27-10-4-5-17(14-27)19-8-7-16(13-25-19)22(28)24-2/h6-9,11-13,17H,4-5,10,14H2,1-3H3,(H,24,28). The Labute approximate surface area is 170 Å². The number of amides is 2. The van der Waals surface area contributed by atoms with Crippen LogP contribution in [0.1, 0.15) is 50.9 Å². The van der Waals surface area contributed by atoms with Gasteiger partial charge in [-0.05, 0) is 50.1 Å². The van der Waals surface area contributed by atoms with Crippen molar-refractivity contribution in [2.45, 2.75) is 25.7 Å². The normalized spacial score (nSPS) is 16.8. The Kier molecular flexibility index (Phi) is 5.09. The molecule has 6 nitrogen and oxygen atoms in total. The number of aryl methyl sites for hydroxylation is 2. The molecule has 2 aromatic heterocycles. The van der Waals surface area contributed by atoms with Gasteiger partial charge in [-0.25, -0.2) is 0 Å². The Morgan fingerprint density at radius 3 is 2.72 bits per heavy atom. The minimum atomic E-state index is -0.143. The molecule has 0 aliphatic carbocycles. The molecule has 1 aliphatic heterocycles. The number of carbonyl (C=O) groups is 2. The van der Waals surface area contributed by atoms with Crippen molar-refractivity contribution in [3.63, 3.8) is 0 Å². The molecular weight excluding hydrogens is 364 g/mol. The van der Waals surface area contributed by atoms with Crippen molar-refractivity contribution < 1.29 is 9.59 Å². The molecular formula is C23H26N4O2. The van der Waals surface area contributed by atoms with Gasteiger partial charge in [0, 0.05) is 55.9 Å². The molecule has 1 aliphatic rings. The minimum absolute atomic E-state index is 0.0630. The summed E-state index contributed by atoms with van der Waals surface area (Å²) in [6, 6.07) is 11.9. The summed E-state index contributed by atoms with van der Waals surface area (Å²) in [5, 5.41) is 3.70. The molecule has 0 saturated carbocycles. The van der Waals surface area contributed by atoms with Crippen LogP contribution in [0.15, 0.2) is 42.6 Å². The van der Waals surface area contributed by atoms with Gasteiger partial charge in [-0.15, -0.1) is 0 Å². The predicted molar refractivity (Wildman–Crippen MR) is 113 cm³/mol. The van der Waals surface area contributed by atoms with Crippen LogP contribution in [0.5, 0.6) is 0 Å². The van der Waals surface area contributed by atoms with Gasteiger partial charge in [0.05, 0.1) is 5.56 Å². The van der Waals surface area contributed by atoms with E-state index in [1.54, 1.807) is 19.3 Å². The molecule has 2 amide bonds. The average Bonchev–Trinajstić information content (AvgIpc) is 3.08. The second-order valence-electron chi connectivity index (χ2n) is 7.79. The molecule has 0 radical (unpaired) electrons. The third-order valence-corrected chi connectivity index (χ3v) is 5.82. The molecule has 150 valence electrons. The van der Waals surface area contributed by atoms with Gasteiger partial charge in [0.1, 0.15) is 5.69 Å². The monoisotopic (exact) mass is 390 g/mol. The number of hydrogen-bond donors (Lipinski definition) is 1. The number of fused-ring (bicyclic) bond motifs is 1. The summed E-state index contributed by atoms with van der Waals surface area (Å²) in [7, 11) is 3.56. The van der Waals surface area contributed by atoms with Gasteiger partial charge in [0.15, 0.2) is 0 Å². The van der Waals surface area contributed by atoms with Crippen LogP contribution < -0.4 is 5.32 Å². The molecule has 1 unspecified atom stereocenters. The Balaban J connectivity index is 1.54. The zero-order valence-electron chi connectivity index (χ0n) is 17.1.